The smallest absolute Gasteiger partial charge is 0.270 e. The Morgan fingerprint density at radius 3 is 2.83 bits per heavy atom. The second-order valence-corrected chi connectivity index (χ2v) is 8.26. The van der Waals surface area contributed by atoms with Gasteiger partial charge in [0, 0.05) is 25.2 Å². The maximum Gasteiger partial charge on any atom is 0.270 e. The lowest BCUT2D eigenvalue weighted by atomic mass is 10.2. The second kappa shape index (κ2) is 6.67. The molecule has 6 heteroatoms. The first-order chi connectivity index (χ1) is 11.0. The Labute approximate surface area is 152 Å². The summed E-state index contributed by atoms with van der Waals surface area (Å²) in [6, 6.07) is 11.8. The van der Waals surface area contributed by atoms with E-state index in [-0.39, 0.29) is 5.91 Å². The average molecular weight is 412 g/mol. The Kier molecular flexibility index (Phi) is 4.80. The summed E-state index contributed by atoms with van der Waals surface area (Å²) in [5.74, 6) is 0.0362. The lowest BCUT2D eigenvalue weighted by Gasteiger charge is -2.17. The predicted molar refractivity (Wildman–Crippen MR) is 101 cm³/mol. The molecule has 0 aliphatic heterocycles. The first kappa shape index (κ1) is 16.6. The molecule has 3 rings (SSSR count). The van der Waals surface area contributed by atoms with Crippen molar-refractivity contribution >= 4 is 55.0 Å². The molecular formula is C17H16BrClN2OS. The largest absolute Gasteiger partial charge is 0.341 e. The summed E-state index contributed by atoms with van der Waals surface area (Å²) >= 11 is 11.3. The Morgan fingerprint density at radius 1 is 1.35 bits per heavy atom. The van der Waals surface area contributed by atoms with Crippen molar-refractivity contribution in [3.05, 3.63) is 56.5 Å². The summed E-state index contributed by atoms with van der Waals surface area (Å²) in [5.41, 5.74) is 2.85. The minimum atomic E-state index is 0.0362. The normalized spacial score (nSPS) is 11.1. The maximum atomic E-state index is 12.7. The SMILES string of the molecule is CCN(C)C(=O)c1cc2sc(Br)cc2n1Cc1cccc(Cl)c1. The number of hydrogen-bond acceptors (Lipinski definition) is 2. The topological polar surface area (TPSA) is 25.2 Å². The van der Waals surface area contributed by atoms with E-state index in [0.29, 0.717) is 23.8 Å². The van der Waals surface area contributed by atoms with Crippen molar-refractivity contribution in [1.29, 1.82) is 0 Å². The highest BCUT2D eigenvalue weighted by molar-refractivity contribution is 9.11. The molecule has 0 saturated heterocycles. The zero-order valence-corrected chi connectivity index (χ0v) is 16.0. The summed E-state index contributed by atoms with van der Waals surface area (Å²) in [5, 5.41) is 0.705. The van der Waals surface area contributed by atoms with E-state index in [1.165, 1.54) is 0 Å². The van der Waals surface area contributed by atoms with Crippen molar-refractivity contribution in [3.8, 4) is 0 Å². The van der Waals surface area contributed by atoms with Crippen LogP contribution in [-0.4, -0.2) is 29.0 Å². The van der Waals surface area contributed by atoms with Crippen LogP contribution in [0.25, 0.3) is 10.2 Å². The second-order valence-electron chi connectivity index (χ2n) is 5.36. The quantitative estimate of drug-likeness (QED) is 0.575. The van der Waals surface area contributed by atoms with E-state index < -0.39 is 0 Å². The van der Waals surface area contributed by atoms with Crippen LogP contribution in [0, 0.1) is 0 Å². The van der Waals surface area contributed by atoms with Gasteiger partial charge in [0.25, 0.3) is 5.91 Å². The molecule has 0 saturated carbocycles. The van der Waals surface area contributed by atoms with Gasteiger partial charge >= 0.3 is 0 Å². The van der Waals surface area contributed by atoms with E-state index in [4.69, 9.17) is 11.6 Å². The fourth-order valence-corrected chi connectivity index (χ4v) is 4.29. The molecule has 0 atom stereocenters. The summed E-state index contributed by atoms with van der Waals surface area (Å²) in [6.45, 7) is 3.27. The molecular weight excluding hydrogens is 396 g/mol. The molecule has 0 aliphatic rings. The molecule has 3 nitrogen and oxygen atoms in total. The summed E-state index contributed by atoms with van der Waals surface area (Å²) in [6.07, 6.45) is 0. The Hall–Kier alpha value is -1.30. The third kappa shape index (κ3) is 3.32. The number of halogens is 2. The first-order valence-corrected chi connectivity index (χ1v) is 9.27. The van der Waals surface area contributed by atoms with Crippen LogP contribution in [0.5, 0.6) is 0 Å². The van der Waals surface area contributed by atoms with E-state index in [1.807, 2.05) is 44.3 Å². The molecule has 1 amide bonds. The third-order valence-electron chi connectivity index (χ3n) is 3.83. The van der Waals surface area contributed by atoms with Gasteiger partial charge < -0.3 is 9.47 Å². The fraction of sp³-hybridized carbons (Fsp3) is 0.235. The number of amides is 1. The van der Waals surface area contributed by atoms with Gasteiger partial charge in [0.2, 0.25) is 0 Å². The highest BCUT2D eigenvalue weighted by Gasteiger charge is 2.20. The van der Waals surface area contributed by atoms with Crippen LogP contribution in [0.2, 0.25) is 5.02 Å². The van der Waals surface area contributed by atoms with Crippen molar-refractivity contribution in [2.75, 3.05) is 13.6 Å². The number of nitrogens with zero attached hydrogens (tertiary/aromatic N) is 2. The number of aromatic nitrogens is 1. The number of thiophene rings is 1. The number of carbonyl (C=O) groups is 1. The van der Waals surface area contributed by atoms with Gasteiger partial charge in [0.1, 0.15) is 5.69 Å². The van der Waals surface area contributed by atoms with Crippen LogP contribution in [0.1, 0.15) is 23.0 Å². The molecule has 0 bridgehead atoms. The number of carbonyl (C=O) groups excluding carboxylic acids is 1. The highest BCUT2D eigenvalue weighted by Crippen LogP contribution is 2.33. The first-order valence-electron chi connectivity index (χ1n) is 7.28. The highest BCUT2D eigenvalue weighted by atomic mass is 79.9. The van der Waals surface area contributed by atoms with E-state index >= 15 is 0 Å². The lowest BCUT2D eigenvalue weighted by molar-refractivity contribution is 0.0793. The Balaban J connectivity index is 2.09. The minimum Gasteiger partial charge on any atom is -0.341 e. The summed E-state index contributed by atoms with van der Waals surface area (Å²) < 4.78 is 4.23. The standard InChI is InChI=1S/C17H16BrClN2OS/c1-3-20(2)17(22)14-8-15-13(9-16(18)23-15)21(14)10-11-5-4-6-12(19)7-11/h4-9H,3,10H2,1-2H3. The van der Waals surface area contributed by atoms with Crippen molar-refractivity contribution in [2.45, 2.75) is 13.5 Å². The van der Waals surface area contributed by atoms with Crippen LogP contribution in [-0.2, 0) is 6.54 Å². The lowest BCUT2D eigenvalue weighted by Crippen LogP contribution is -2.28. The van der Waals surface area contributed by atoms with Crippen molar-refractivity contribution in [3.63, 3.8) is 0 Å². The third-order valence-corrected chi connectivity index (χ3v) is 5.64. The molecule has 120 valence electrons. The van der Waals surface area contributed by atoms with Gasteiger partial charge in [-0.1, -0.05) is 23.7 Å². The minimum absolute atomic E-state index is 0.0362. The monoisotopic (exact) mass is 410 g/mol. The van der Waals surface area contributed by atoms with E-state index in [2.05, 4.69) is 26.6 Å². The van der Waals surface area contributed by atoms with Crippen molar-refractivity contribution in [1.82, 2.24) is 9.47 Å². The molecule has 0 fully saturated rings. The van der Waals surface area contributed by atoms with Crippen LogP contribution in [0.15, 0.2) is 40.2 Å². The van der Waals surface area contributed by atoms with Crippen molar-refractivity contribution in [2.24, 2.45) is 0 Å². The zero-order valence-electron chi connectivity index (χ0n) is 12.8. The Bertz CT molecular complexity index is 871. The predicted octanol–water partition coefficient (Wildman–Crippen LogP) is 5.26. The number of rotatable bonds is 4. The van der Waals surface area contributed by atoms with Gasteiger partial charge in [0.05, 0.1) is 14.0 Å². The van der Waals surface area contributed by atoms with Gasteiger partial charge in [-0.25, -0.2) is 0 Å². The summed E-state index contributed by atoms with van der Waals surface area (Å²) in [7, 11) is 1.82. The molecule has 2 aromatic heterocycles. The summed E-state index contributed by atoms with van der Waals surface area (Å²) in [4.78, 5) is 14.4. The Morgan fingerprint density at radius 2 is 2.13 bits per heavy atom. The van der Waals surface area contributed by atoms with Gasteiger partial charge in [-0.2, -0.15) is 0 Å². The van der Waals surface area contributed by atoms with Crippen LogP contribution in [0.4, 0.5) is 0 Å². The molecule has 0 radical (unpaired) electrons. The molecule has 0 aliphatic carbocycles. The fourth-order valence-electron chi connectivity index (χ4n) is 2.52. The molecule has 0 spiro atoms. The molecule has 1 aromatic carbocycles. The van der Waals surface area contributed by atoms with E-state index in [9.17, 15) is 4.79 Å². The van der Waals surface area contributed by atoms with Crippen LogP contribution >= 0.6 is 38.9 Å². The van der Waals surface area contributed by atoms with Crippen molar-refractivity contribution < 1.29 is 4.79 Å². The van der Waals surface area contributed by atoms with Crippen LogP contribution in [0.3, 0.4) is 0 Å². The van der Waals surface area contributed by atoms with Gasteiger partial charge in [-0.3, -0.25) is 4.79 Å². The zero-order chi connectivity index (χ0) is 16.6. The molecule has 0 N–H and O–H groups in total. The molecule has 0 unspecified atom stereocenters. The van der Waals surface area contributed by atoms with Gasteiger partial charge in [-0.15, -0.1) is 11.3 Å². The van der Waals surface area contributed by atoms with E-state index in [1.54, 1.807) is 16.2 Å². The van der Waals surface area contributed by atoms with Gasteiger partial charge in [0.15, 0.2) is 0 Å². The molecule has 3 aromatic rings. The molecule has 2 heterocycles. The number of benzene rings is 1. The average Bonchev–Trinajstić information content (AvgIpc) is 3.03. The van der Waals surface area contributed by atoms with Crippen LogP contribution < -0.4 is 0 Å². The van der Waals surface area contributed by atoms with Gasteiger partial charge in [-0.05, 0) is 52.7 Å². The maximum absolute atomic E-state index is 12.7. The number of hydrogen-bond donors (Lipinski definition) is 0. The number of fused-ring (bicyclic) bond motifs is 1. The van der Waals surface area contributed by atoms with E-state index in [0.717, 1.165) is 19.6 Å². The molecule has 23 heavy (non-hydrogen) atoms.